The number of ether oxygens (including phenoxy) is 3. The first-order valence-corrected chi connectivity index (χ1v) is 10.4. The number of rotatable bonds is 12. The molecule has 0 N–H and O–H groups in total. The van der Waals surface area contributed by atoms with E-state index in [1.165, 1.54) is 30.3 Å². The van der Waals surface area contributed by atoms with E-state index in [0.717, 1.165) is 12.1 Å². The highest BCUT2D eigenvalue weighted by atomic mass is 19.4. The fraction of sp³-hybridized carbons (Fsp3) is 0.455. The molecule has 0 aliphatic heterocycles. The first kappa shape index (κ1) is 30.4. The maximum Gasteiger partial charge on any atom is 0.573 e. The number of para-hydroxylation sites is 1. The van der Waals surface area contributed by atoms with E-state index in [2.05, 4.69) is 9.47 Å². The third-order valence-corrected chi connectivity index (χ3v) is 4.77. The van der Waals surface area contributed by atoms with Gasteiger partial charge in [-0.2, -0.15) is 26.9 Å². The van der Waals surface area contributed by atoms with Gasteiger partial charge in [-0.25, -0.2) is 0 Å². The lowest BCUT2D eigenvalue weighted by Crippen LogP contribution is -2.44. The number of alkyl halides is 11. The Morgan fingerprint density at radius 2 is 1.46 bits per heavy atom. The molecule has 0 aliphatic carbocycles. The molecule has 0 spiro atoms. The second kappa shape index (κ2) is 12.6. The van der Waals surface area contributed by atoms with Crippen LogP contribution in [-0.2, 0) is 17.6 Å². The quantitative estimate of drug-likeness (QED) is 0.207. The third kappa shape index (κ3) is 11.4. The molecule has 2 rings (SSSR count). The monoisotopic (exact) mass is 555 g/mol. The fourth-order valence-corrected chi connectivity index (χ4v) is 3.19. The summed E-state index contributed by atoms with van der Waals surface area (Å²) in [4.78, 5) is -1.23. The lowest BCUT2D eigenvalue weighted by Gasteiger charge is -2.26. The smallest absolute Gasteiger partial charge is 0.491 e. The third-order valence-electron chi connectivity index (χ3n) is 4.77. The van der Waals surface area contributed by atoms with Gasteiger partial charge in [0, 0.05) is 6.54 Å². The summed E-state index contributed by atoms with van der Waals surface area (Å²) in [6.45, 7) is -6.39. The number of hydrogen-bond acceptors (Lipinski definition) is 4. The molecule has 0 saturated heterocycles. The van der Waals surface area contributed by atoms with E-state index in [-0.39, 0.29) is 18.6 Å². The van der Waals surface area contributed by atoms with Gasteiger partial charge in [0.05, 0.1) is 0 Å². The van der Waals surface area contributed by atoms with Gasteiger partial charge in [0.15, 0.2) is 0 Å². The Labute approximate surface area is 203 Å². The van der Waals surface area contributed by atoms with Crippen molar-refractivity contribution in [2.45, 2.75) is 50.9 Å². The van der Waals surface area contributed by atoms with Gasteiger partial charge in [-0.3, -0.25) is 4.74 Å². The normalized spacial score (nSPS) is 13.8. The van der Waals surface area contributed by atoms with E-state index in [1.807, 2.05) is 0 Å². The van der Waals surface area contributed by atoms with Gasteiger partial charge < -0.3 is 9.47 Å². The molecule has 0 heterocycles. The number of aryl methyl sites for hydroxylation is 2. The summed E-state index contributed by atoms with van der Waals surface area (Å²) in [6, 6.07) is 11.0. The molecule has 0 radical (unpaired) electrons. The van der Waals surface area contributed by atoms with E-state index >= 15 is 0 Å². The number of halogens is 11. The predicted octanol–water partition coefficient (Wildman–Crippen LogP) is 7.09. The van der Waals surface area contributed by atoms with Crippen molar-refractivity contribution in [2.75, 3.05) is 13.2 Å². The van der Waals surface area contributed by atoms with Crippen LogP contribution in [0.2, 0.25) is 0 Å². The van der Waals surface area contributed by atoms with E-state index < -0.39 is 61.9 Å². The Hall–Kier alpha value is -2.81. The summed E-state index contributed by atoms with van der Waals surface area (Å²) in [7, 11) is 0. The molecule has 0 aliphatic rings. The zero-order valence-electron chi connectivity index (χ0n) is 18.6. The van der Waals surface area contributed by atoms with Crippen LogP contribution in [0.3, 0.4) is 0 Å². The molecule has 1 atom stereocenters. The second-order valence-corrected chi connectivity index (χ2v) is 7.53. The lowest BCUT2D eigenvalue weighted by molar-refractivity contribution is -0.347. The van der Waals surface area contributed by atoms with Crippen LogP contribution in [-0.4, -0.2) is 49.7 Å². The molecular formula is C22H20F11NO3. The van der Waals surface area contributed by atoms with Crippen LogP contribution in [0.1, 0.15) is 17.5 Å². The lowest BCUT2D eigenvalue weighted by atomic mass is 10.0. The Morgan fingerprint density at radius 1 is 0.784 bits per heavy atom. The van der Waals surface area contributed by atoms with Crippen LogP contribution in [0.5, 0.6) is 11.5 Å². The first-order valence-electron chi connectivity index (χ1n) is 10.4. The van der Waals surface area contributed by atoms with Gasteiger partial charge >= 0.3 is 25.6 Å². The molecule has 4 nitrogen and oxygen atoms in total. The summed E-state index contributed by atoms with van der Waals surface area (Å²) < 4.78 is 152. The fourth-order valence-electron chi connectivity index (χ4n) is 3.19. The Kier molecular flexibility index (Phi) is 10.4. The van der Waals surface area contributed by atoms with Crippen molar-refractivity contribution in [3.63, 3.8) is 0 Å². The molecule has 0 aromatic heterocycles. The van der Waals surface area contributed by atoms with Crippen LogP contribution >= 0.6 is 0 Å². The van der Waals surface area contributed by atoms with Crippen LogP contribution < -0.4 is 9.47 Å². The molecule has 15 heteroatoms. The summed E-state index contributed by atoms with van der Waals surface area (Å²) >= 11 is 0. The minimum Gasteiger partial charge on any atom is -0.491 e. The predicted molar refractivity (Wildman–Crippen MR) is 107 cm³/mol. The standard InChI is InChI=1S/C22H20F11NO3/c23-19(24)34(20(25,26)27)11-10-17(37-22(31,32)33)13-35-18-7-2-1-5-15(18)9-8-14-4-3-6-16(12-14)36-21(28,29)30/h1-7,12,17,19H,8-11,13H2/t17-/m0/s1. The van der Waals surface area contributed by atoms with Crippen LogP contribution in [0.25, 0.3) is 0 Å². The molecule has 2 aromatic rings. The Morgan fingerprint density at radius 3 is 2.05 bits per heavy atom. The second-order valence-electron chi connectivity index (χ2n) is 7.53. The van der Waals surface area contributed by atoms with E-state index in [0.29, 0.717) is 11.1 Å². The molecular weight excluding hydrogens is 535 g/mol. The van der Waals surface area contributed by atoms with Crippen molar-refractivity contribution in [1.82, 2.24) is 4.90 Å². The molecule has 0 amide bonds. The van der Waals surface area contributed by atoms with Crippen molar-refractivity contribution in [3.8, 4) is 11.5 Å². The maximum atomic E-state index is 12.7. The van der Waals surface area contributed by atoms with E-state index in [4.69, 9.17) is 4.74 Å². The average Bonchev–Trinajstić information content (AvgIpc) is 2.73. The van der Waals surface area contributed by atoms with E-state index in [9.17, 15) is 48.3 Å². The highest BCUT2D eigenvalue weighted by Crippen LogP contribution is 2.29. The van der Waals surface area contributed by atoms with Crippen LogP contribution in [0, 0.1) is 0 Å². The zero-order valence-corrected chi connectivity index (χ0v) is 18.6. The SMILES string of the molecule is FC(F)N(CC[C@@H](COc1ccccc1CCc1cccc(OC(F)(F)F)c1)OC(F)(F)F)C(F)(F)F. The molecule has 0 saturated carbocycles. The molecule has 37 heavy (non-hydrogen) atoms. The van der Waals surface area contributed by atoms with Gasteiger partial charge in [0.2, 0.25) is 0 Å². The van der Waals surface area contributed by atoms with Crippen molar-refractivity contribution >= 4 is 0 Å². The van der Waals surface area contributed by atoms with Crippen molar-refractivity contribution in [3.05, 3.63) is 59.7 Å². The highest BCUT2D eigenvalue weighted by Gasteiger charge is 2.43. The summed E-state index contributed by atoms with van der Waals surface area (Å²) in [5.74, 6) is -0.416. The van der Waals surface area contributed by atoms with Gasteiger partial charge in [-0.15, -0.1) is 26.3 Å². The topological polar surface area (TPSA) is 30.9 Å². The number of nitrogens with zero attached hydrogens (tertiary/aromatic N) is 1. The molecule has 2 aromatic carbocycles. The largest absolute Gasteiger partial charge is 0.573 e. The maximum absolute atomic E-state index is 12.7. The molecule has 0 fully saturated rings. The minimum absolute atomic E-state index is 0.0301. The van der Waals surface area contributed by atoms with Crippen LogP contribution in [0.4, 0.5) is 48.3 Å². The van der Waals surface area contributed by atoms with Gasteiger partial charge in [0.1, 0.15) is 24.2 Å². The number of hydrogen-bond donors (Lipinski definition) is 0. The van der Waals surface area contributed by atoms with Crippen LogP contribution in [0.15, 0.2) is 48.5 Å². The molecule has 0 unspecified atom stereocenters. The van der Waals surface area contributed by atoms with Gasteiger partial charge in [0.25, 0.3) is 0 Å². The average molecular weight is 555 g/mol. The van der Waals surface area contributed by atoms with Crippen molar-refractivity contribution in [2.24, 2.45) is 0 Å². The van der Waals surface area contributed by atoms with Crippen molar-refractivity contribution in [1.29, 1.82) is 0 Å². The summed E-state index contributed by atoms with van der Waals surface area (Å²) in [5.41, 5.74) is 0.856. The highest BCUT2D eigenvalue weighted by molar-refractivity contribution is 5.35. The van der Waals surface area contributed by atoms with Gasteiger partial charge in [-0.1, -0.05) is 30.3 Å². The van der Waals surface area contributed by atoms with Crippen molar-refractivity contribution < 1.29 is 62.5 Å². The Bertz CT molecular complexity index is 977. The summed E-state index contributed by atoms with van der Waals surface area (Å²) in [5, 5.41) is 0. The number of benzene rings is 2. The molecule has 208 valence electrons. The molecule has 0 bridgehead atoms. The first-order chi connectivity index (χ1) is 17.0. The Balaban J connectivity index is 2.07. The van der Waals surface area contributed by atoms with E-state index in [1.54, 1.807) is 6.07 Å². The zero-order chi connectivity index (χ0) is 27.9. The minimum atomic E-state index is -5.48. The van der Waals surface area contributed by atoms with Gasteiger partial charge in [-0.05, 0) is 48.6 Å². The summed E-state index contributed by atoms with van der Waals surface area (Å²) in [6.07, 6.45) is -18.4.